The molecule has 0 aliphatic rings. The average molecular weight is 274 g/mol. The van der Waals surface area contributed by atoms with Crippen molar-refractivity contribution in [3.8, 4) is 5.75 Å². The number of rotatable bonds is 5. The standard InChI is InChI=1S/C14H14N2O4/c1-9-11(6-13(20-9)14(18)16-15)8-19-12-4-2-3-10(5-12)7-17/h2-7H,8,15H2,1H3,(H,16,18). The number of nitrogens with one attached hydrogen (secondary N) is 1. The summed E-state index contributed by atoms with van der Waals surface area (Å²) in [6.45, 7) is 1.96. The number of nitrogen functional groups attached to an aromatic ring is 1. The van der Waals surface area contributed by atoms with Gasteiger partial charge in [-0.3, -0.25) is 15.0 Å². The molecule has 0 aliphatic carbocycles. The normalized spacial score (nSPS) is 10.1. The molecule has 1 aromatic carbocycles. The Balaban J connectivity index is 2.08. The molecule has 0 spiro atoms. The van der Waals surface area contributed by atoms with Gasteiger partial charge in [-0.1, -0.05) is 12.1 Å². The highest BCUT2D eigenvalue weighted by Gasteiger charge is 2.13. The molecular formula is C14H14N2O4. The number of carbonyl (C=O) groups excluding carboxylic acids is 2. The lowest BCUT2D eigenvalue weighted by Gasteiger charge is -2.05. The molecule has 2 aromatic rings. The average Bonchev–Trinajstić information content (AvgIpc) is 2.85. The van der Waals surface area contributed by atoms with Gasteiger partial charge in [0.05, 0.1) is 0 Å². The molecule has 6 heteroatoms. The van der Waals surface area contributed by atoms with Crippen molar-refractivity contribution in [2.75, 3.05) is 0 Å². The fourth-order valence-electron chi connectivity index (χ4n) is 1.68. The molecule has 1 amide bonds. The Labute approximate surface area is 115 Å². The molecule has 0 saturated carbocycles. The third kappa shape index (κ3) is 3.04. The van der Waals surface area contributed by atoms with Crippen LogP contribution in [0.25, 0.3) is 0 Å². The smallest absolute Gasteiger partial charge is 0.300 e. The van der Waals surface area contributed by atoms with Gasteiger partial charge in [-0.25, -0.2) is 5.84 Å². The molecule has 0 unspecified atom stereocenters. The molecule has 104 valence electrons. The van der Waals surface area contributed by atoms with Crippen LogP contribution in [0.4, 0.5) is 0 Å². The molecule has 1 aromatic heterocycles. The van der Waals surface area contributed by atoms with Crippen molar-refractivity contribution < 1.29 is 18.7 Å². The predicted molar refractivity (Wildman–Crippen MR) is 71.3 cm³/mol. The van der Waals surface area contributed by atoms with Gasteiger partial charge in [0, 0.05) is 11.1 Å². The maximum absolute atomic E-state index is 11.3. The van der Waals surface area contributed by atoms with E-state index in [0.29, 0.717) is 17.1 Å². The molecule has 2 rings (SSSR count). The molecule has 0 radical (unpaired) electrons. The zero-order chi connectivity index (χ0) is 14.5. The highest BCUT2D eigenvalue weighted by Crippen LogP contribution is 2.18. The van der Waals surface area contributed by atoms with Crippen molar-refractivity contribution in [3.63, 3.8) is 0 Å². The van der Waals surface area contributed by atoms with Crippen LogP contribution >= 0.6 is 0 Å². The summed E-state index contributed by atoms with van der Waals surface area (Å²) in [5, 5.41) is 0. The first kappa shape index (κ1) is 13.8. The SMILES string of the molecule is Cc1oc(C(=O)NN)cc1COc1cccc(C=O)c1. The van der Waals surface area contributed by atoms with Crippen LogP contribution in [0.5, 0.6) is 5.75 Å². The van der Waals surface area contributed by atoms with Gasteiger partial charge in [0.2, 0.25) is 0 Å². The maximum Gasteiger partial charge on any atom is 0.300 e. The van der Waals surface area contributed by atoms with Gasteiger partial charge in [0.25, 0.3) is 0 Å². The minimum Gasteiger partial charge on any atom is -0.489 e. The summed E-state index contributed by atoms with van der Waals surface area (Å²) in [5.74, 6) is 5.82. The van der Waals surface area contributed by atoms with E-state index in [1.165, 1.54) is 0 Å². The Morgan fingerprint density at radius 3 is 2.95 bits per heavy atom. The molecule has 3 N–H and O–H groups in total. The summed E-state index contributed by atoms with van der Waals surface area (Å²) < 4.78 is 10.8. The Bertz CT molecular complexity index is 634. The van der Waals surface area contributed by atoms with Gasteiger partial charge in [0.15, 0.2) is 5.76 Å². The molecule has 0 bridgehead atoms. The largest absolute Gasteiger partial charge is 0.489 e. The first-order valence-corrected chi connectivity index (χ1v) is 5.92. The molecule has 0 aliphatic heterocycles. The van der Waals surface area contributed by atoms with E-state index in [9.17, 15) is 9.59 Å². The number of aryl methyl sites for hydroxylation is 1. The second-order valence-electron chi connectivity index (χ2n) is 4.14. The van der Waals surface area contributed by atoms with Crippen molar-refractivity contribution >= 4 is 12.2 Å². The van der Waals surface area contributed by atoms with Crippen LogP contribution in [0.3, 0.4) is 0 Å². The number of benzene rings is 1. The number of furan rings is 1. The topological polar surface area (TPSA) is 94.6 Å². The first-order chi connectivity index (χ1) is 9.63. The van der Waals surface area contributed by atoms with Crippen molar-refractivity contribution in [3.05, 3.63) is 53.0 Å². The maximum atomic E-state index is 11.3. The van der Waals surface area contributed by atoms with Crippen LogP contribution in [-0.4, -0.2) is 12.2 Å². The van der Waals surface area contributed by atoms with Gasteiger partial charge in [-0.15, -0.1) is 0 Å². The predicted octanol–water partition coefficient (Wildman–Crippen LogP) is 1.58. The third-order valence-electron chi connectivity index (χ3n) is 2.76. The lowest BCUT2D eigenvalue weighted by Crippen LogP contribution is -2.29. The summed E-state index contributed by atoms with van der Waals surface area (Å²) in [4.78, 5) is 22.0. The van der Waals surface area contributed by atoms with E-state index in [4.69, 9.17) is 15.0 Å². The van der Waals surface area contributed by atoms with Crippen LogP contribution in [-0.2, 0) is 6.61 Å². The molecule has 0 saturated heterocycles. The molecular weight excluding hydrogens is 260 g/mol. The van der Waals surface area contributed by atoms with Crippen LogP contribution in [0.1, 0.15) is 32.2 Å². The number of hydrogen-bond donors (Lipinski definition) is 2. The molecule has 1 heterocycles. The van der Waals surface area contributed by atoms with E-state index in [0.717, 1.165) is 11.8 Å². The van der Waals surface area contributed by atoms with Crippen LogP contribution in [0.2, 0.25) is 0 Å². The molecule has 0 fully saturated rings. The number of hydrazine groups is 1. The number of aldehydes is 1. The summed E-state index contributed by atoms with van der Waals surface area (Å²) in [5.41, 5.74) is 3.27. The zero-order valence-electron chi connectivity index (χ0n) is 10.9. The summed E-state index contributed by atoms with van der Waals surface area (Å²) >= 11 is 0. The van der Waals surface area contributed by atoms with Gasteiger partial charge in [-0.2, -0.15) is 0 Å². The van der Waals surface area contributed by atoms with Crippen LogP contribution < -0.4 is 16.0 Å². The lowest BCUT2D eigenvalue weighted by molar-refractivity contribution is 0.0924. The van der Waals surface area contributed by atoms with Gasteiger partial charge >= 0.3 is 5.91 Å². The molecule has 20 heavy (non-hydrogen) atoms. The number of hydrogen-bond acceptors (Lipinski definition) is 5. The lowest BCUT2D eigenvalue weighted by atomic mass is 10.2. The zero-order valence-corrected chi connectivity index (χ0v) is 10.9. The first-order valence-electron chi connectivity index (χ1n) is 5.92. The van der Waals surface area contributed by atoms with Gasteiger partial charge in [0.1, 0.15) is 24.4 Å². The highest BCUT2D eigenvalue weighted by atomic mass is 16.5. The van der Waals surface area contributed by atoms with Gasteiger partial charge < -0.3 is 9.15 Å². The summed E-state index contributed by atoms with van der Waals surface area (Å²) in [6, 6.07) is 8.37. The Kier molecular flexibility index (Phi) is 4.17. The van der Waals surface area contributed by atoms with Crippen LogP contribution in [0, 0.1) is 6.92 Å². The Morgan fingerprint density at radius 2 is 2.25 bits per heavy atom. The van der Waals surface area contributed by atoms with E-state index < -0.39 is 5.91 Å². The van der Waals surface area contributed by atoms with E-state index in [1.807, 2.05) is 5.43 Å². The number of carbonyl (C=O) groups is 2. The Hall–Kier alpha value is -2.60. The second kappa shape index (κ2) is 6.03. The number of ether oxygens (including phenoxy) is 1. The summed E-state index contributed by atoms with van der Waals surface area (Å²) in [6.07, 6.45) is 0.750. The third-order valence-corrected chi connectivity index (χ3v) is 2.76. The molecule has 0 atom stereocenters. The number of amides is 1. The van der Waals surface area contributed by atoms with Crippen molar-refractivity contribution in [2.45, 2.75) is 13.5 Å². The Morgan fingerprint density at radius 1 is 1.45 bits per heavy atom. The van der Waals surface area contributed by atoms with E-state index >= 15 is 0 Å². The van der Waals surface area contributed by atoms with Crippen molar-refractivity contribution in [1.29, 1.82) is 0 Å². The highest BCUT2D eigenvalue weighted by molar-refractivity contribution is 5.91. The second-order valence-corrected chi connectivity index (χ2v) is 4.14. The van der Waals surface area contributed by atoms with E-state index in [1.54, 1.807) is 37.3 Å². The van der Waals surface area contributed by atoms with E-state index in [2.05, 4.69) is 0 Å². The van der Waals surface area contributed by atoms with Crippen LogP contribution in [0.15, 0.2) is 34.7 Å². The van der Waals surface area contributed by atoms with E-state index in [-0.39, 0.29) is 12.4 Å². The monoisotopic (exact) mass is 274 g/mol. The van der Waals surface area contributed by atoms with Crippen molar-refractivity contribution in [2.24, 2.45) is 5.84 Å². The number of nitrogens with two attached hydrogens (primary N) is 1. The fraction of sp³-hybridized carbons (Fsp3) is 0.143. The van der Waals surface area contributed by atoms with Crippen molar-refractivity contribution in [1.82, 2.24) is 5.43 Å². The molecule has 6 nitrogen and oxygen atoms in total. The minimum atomic E-state index is -0.498. The summed E-state index contributed by atoms with van der Waals surface area (Å²) in [7, 11) is 0. The van der Waals surface area contributed by atoms with Gasteiger partial charge in [-0.05, 0) is 25.1 Å². The fourth-order valence-corrected chi connectivity index (χ4v) is 1.68. The minimum absolute atomic E-state index is 0.130. The quantitative estimate of drug-likeness (QED) is 0.373.